The molecule has 2 atom stereocenters. The van der Waals surface area contributed by atoms with Crippen LogP contribution in [0.1, 0.15) is 41.6 Å². The van der Waals surface area contributed by atoms with Gasteiger partial charge in [0.05, 0.1) is 11.6 Å². The predicted molar refractivity (Wildman–Crippen MR) is 103 cm³/mol. The smallest absolute Gasteiger partial charge is 0.250 e. The average molecular weight is 345 g/mol. The Labute approximate surface area is 154 Å². The summed E-state index contributed by atoms with van der Waals surface area (Å²) in [4.78, 5) is 14.9. The lowest BCUT2D eigenvalue weighted by Gasteiger charge is -2.43. The molecule has 26 heavy (non-hydrogen) atoms. The van der Waals surface area contributed by atoms with Gasteiger partial charge in [0.2, 0.25) is 0 Å². The molecule has 1 fully saturated rings. The second kappa shape index (κ2) is 6.93. The van der Waals surface area contributed by atoms with Crippen molar-refractivity contribution in [3.63, 3.8) is 0 Å². The summed E-state index contributed by atoms with van der Waals surface area (Å²) in [5, 5.41) is 9.11. The van der Waals surface area contributed by atoms with Gasteiger partial charge in [-0.3, -0.25) is 9.69 Å². The first-order valence-corrected chi connectivity index (χ1v) is 9.25. The Morgan fingerprint density at radius 2 is 2.12 bits per heavy atom. The Kier molecular flexibility index (Phi) is 4.48. The summed E-state index contributed by atoms with van der Waals surface area (Å²) in [5.74, 6) is 0.903. The molecule has 0 N–H and O–H groups in total. The second-order valence-electron chi connectivity index (χ2n) is 7.43. The molecule has 4 rings (SSSR count). The van der Waals surface area contributed by atoms with Crippen LogP contribution in [-0.2, 0) is 13.1 Å². The number of likely N-dealkylation sites (tertiary alicyclic amines) is 1. The minimum absolute atomic E-state index is 0.123. The van der Waals surface area contributed by atoms with E-state index in [0.29, 0.717) is 17.4 Å². The van der Waals surface area contributed by atoms with Gasteiger partial charge >= 0.3 is 0 Å². The zero-order valence-corrected chi connectivity index (χ0v) is 15.1. The molecule has 4 heteroatoms. The van der Waals surface area contributed by atoms with E-state index in [0.717, 1.165) is 32.6 Å². The van der Waals surface area contributed by atoms with Crippen LogP contribution >= 0.6 is 0 Å². The number of pyridine rings is 1. The van der Waals surface area contributed by atoms with Gasteiger partial charge in [-0.2, -0.15) is 5.26 Å². The van der Waals surface area contributed by atoms with Crippen molar-refractivity contribution < 1.29 is 0 Å². The molecule has 2 aromatic rings. The SMILES string of the molecule is CC=Cc1ccc(=O)n2c1C1CC(CN(Cc3cccc(C#N)c3)C1)C2. The number of hydrogen-bond donors (Lipinski definition) is 0. The number of allylic oxidation sites excluding steroid dienone is 1. The van der Waals surface area contributed by atoms with Crippen molar-refractivity contribution in [2.75, 3.05) is 13.1 Å². The van der Waals surface area contributed by atoms with Gasteiger partial charge in [0.25, 0.3) is 5.56 Å². The van der Waals surface area contributed by atoms with Crippen LogP contribution < -0.4 is 5.56 Å². The third-order valence-electron chi connectivity index (χ3n) is 5.51. The highest BCUT2D eigenvalue weighted by atomic mass is 16.1. The first-order valence-electron chi connectivity index (χ1n) is 9.25. The van der Waals surface area contributed by atoms with E-state index in [-0.39, 0.29) is 5.56 Å². The Bertz CT molecular complexity index is 951. The summed E-state index contributed by atoms with van der Waals surface area (Å²) in [7, 11) is 0. The van der Waals surface area contributed by atoms with E-state index in [9.17, 15) is 4.79 Å². The van der Waals surface area contributed by atoms with Gasteiger partial charge < -0.3 is 4.57 Å². The second-order valence-corrected chi connectivity index (χ2v) is 7.43. The molecule has 1 aromatic heterocycles. The quantitative estimate of drug-likeness (QED) is 0.857. The molecule has 0 saturated carbocycles. The van der Waals surface area contributed by atoms with E-state index >= 15 is 0 Å². The number of fused-ring (bicyclic) bond motifs is 4. The maximum Gasteiger partial charge on any atom is 0.250 e. The average Bonchev–Trinajstić information content (AvgIpc) is 2.64. The molecular formula is C22H23N3O. The summed E-state index contributed by atoms with van der Waals surface area (Å²) in [6, 6.07) is 13.8. The predicted octanol–water partition coefficient (Wildman–Crippen LogP) is 3.37. The fourth-order valence-electron chi connectivity index (χ4n) is 4.59. The third kappa shape index (κ3) is 3.11. The van der Waals surface area contributed by atoms with Crippen molar-refractivity contribution in [1.29, 1.82) is 5.26 Å². The molecule has 4 nitrogen and oxygen atoms in total. The monoisotopic (exact) mass is 345 g/mol. The van der Waals surface area contributed by atoms with Crippen molar-refractivity contribution in [3.05, 3.63) is 75.2 Å². The number of aromatic nitrogens is 1. The zero-order valence-electron chi connectivity index (χ0n) is 15.1. The van der Waals surface area contributed by atoms with Gasteiger partial charge in [0.15, 0.2) is 0 Å². The van der Waals surface area contributed by atoms with Gasteiger partial charge in [0.1, 0.15) is 0 Å². The van der Waals surface area contributed by atoms with Gasteiger partial charge in [-0.1, -0.05) is 24.3 Å². The highest BCUT2D eigenvalue weighted by molar-refractivity contribution is 5.53. The van der Waals surface area contributed by atoms with Crippen molar-refractivity contribution in [2.24, 2.45) is 5.92 Å². The molecule has 0 radical (unpaired) electrons. The summed E-state index contributed by atoms with van der Waals surface area (Å²) in [5.41, 5.74) is 4.39. The summed E-state index contributed by atoms with van der Waals surface area (Å²) >= 11 is 0. The normalized spacial score (nSPS) is 22.2. The minimum atomic E-state index is 0.123. The Balaban J connectivity index is 1.63. The Morgan fingerprint density at radius 3 is 2.92 bits per heavy atom. The summed E-state index contributed by atoms with van der Waals surface area (Å²) < 4.78 is 2.00. The lowest BCUT2D eigenvalue weighted by molar-refractivity contribution is 0.114. The van der Waals surface area contributed by atoms with Crippen LogP contribution in [0.4, 0.5) is 0 Å². The first-order chi connectivity index (χ1) is 12.7. The number of nitrogens with zero attached hydrogens (tertiary/aromatic N) is 3. The molecule has 0 aliphatic carbocycles. The van der Waals surface area contributed by atoms with E-state index < -0.39 is 0 Å². The molecule has 2 aliphatic heterocycles. The maximum absolute atomic E-state index is 12.4. The van der Waals surface area contributed by atoms with Crippen LogP contribution in [0.15, 0.2) is 47.3 Å². The third-order valence-corrected chi connectivity index (χ3v) is 5.51. The van der Waals surface area contributed by atoms with E-state index in [1.54, 1.807) is 6.07 Å². The van der Waals surface area contributed by atoms with Gasteiger partial charge in [-0.25, -0.2) is 0 Å². The molecule has 0 amide bonds. The number of nitriles is 1. The van der Waals surface area contributed by atoms with Crippen LogP contribution in [0.3, 0.4) is 0 Å². The van der Waals surface area contributed by atoms with Crippen molar-refractivity contribution in [3.8, 4) is 6.07 Å². The summed E-state index contributed by atoms with van der Waals surface area (Å²) in [6.45, 7) is 5.65. The first kappa shape index (κ1) is 16.8. The molecule has 1 saturated heterocycles. The largest absolute Gasteiger partial charge is 0.311 e. The van der Waals surface area contributed by atoms with Crippen molar-refractivity contribution in [2.45, 2.75) is 32.4 Å². The molecule has 3 heterocycles. The van der Waals surface area contributed by atoms with Crippen LogP contribution in [0, 0.1) is 17.2 Å². The molecule has 1 aromatic carbocycles. The van der Waals surface area contributed by atoms with Crippen LogP contribution in [-0.4, -0.2) is 22.6 Å². The molecule has 132 valence electrons. The molecule has 2 bridgehead atoms. The summed E-state index contributed by atoms with van der Waals surface area (Å²) in [6.07, 6.45) is 5.31. The fourth-order valence-corrected chi connectivity index (χ4v) is 4.59. The zero-order chi connectivity index (χ0) is 18.1. The topological polar surface area (TPSA) is 49.0 Å². The number of rotatable bonds is 3. The maximum atomic E-state index is 12.4. The van der Waals surface area contributed by atoms with E-state index in [4.69, 9.17) is 5.26 Å². The van der Waals surface area contributed by atoms with Crippen molar-refractivity contribution >= 4 is 6.08 Å². The van der Waals surface area contributed by atoms with E-state index in [1.165, 1.54) is 16.8 Å². The lowest BCUT2D eigenvalue weighted by atomic mass is 9.81. The molecule has 2 unspecified atom stereocenters. The number of piperidine rings is 1. The van der Waals surface area contributed by atoms with Crippen LogP contribution in [0.25, 0.3) is 6.08 Å². The van der Waals surface area contributed by atoms with Crippen LogP contribution in [0.5, 0.6) is 0 Å². The molecule has 0 spiro atoms. The fraction of sp³-hybridized carbons (Fsp3) is 0.364. The van der Waals surface area contributed by atoms with Gasteiger partial charge in [0, 0.05) is 43.9 Å². The van der Waals surface area contributed by atoms with Crippen LogP contribution in [0.2, 0.25) is 0 Å². The minimum Gasteiger partial charge on any atom is -0.311 e. The van der Waals surface area contributed by atoms with E-state index in [2.05, 4.69) is 23.1 Å². The highest BCUT2D eigenvalue weighted by Crippen LogP contribution is 2.37. The van der Waals surface area contributed by atoms with Crippen molar-refractivity contribution in [1.82, 2.24) is 9.47 Å². The lowest BCUT2D eigenvalue weighted by Crippen LogP contribution is -2.47. The highest BCUT2D eigenvalue weighted by Gasteiger charge is 2.35. The molecular weight excluding hydrogens is 322 g/mol. The number of benzene rings is 1. The van der Waals surface area contributed by atoms with Gasteiger partial charge in [-0.15, -0.1) is 0 Å². The molecule has 2 aliphatic rings. The number of hydrogen-bond acceptors (Lipinski definition) is 3. The standard InChI is InChI=1S/C22H23N3O/c1-2-4-19-7-8-21(26)25-14-18-10-20(22(19)25)15-24(13-18)12-17-6-3-5-16(9-17)11-23/h2-9,18,20H,10,12-15H2,1H3. The Hall–Kier alpha value is -2.64. The Morgan fingerprint density at radius 1 is 1.23 bits per heavy atom. The van der Waals surface area contributed by atoms with E-state index in [1.807, 2.05) is 41.8 Å². The van der Waals surface area contributed by atoms with Gasteiger partial charge in [-0.05, 0) is 48.6 Å².